The highest BCUT2D eigenvalue weighted by Crippen LogP contribution is 2.40. The molecule has 5 nitrogen and oxygen atoms in total. The van der Waals surface area contributed by atoms with Gasteiger partial charge in [0.05, 0.1) is 12.1 Å². The van der Waals surface area contributed by atoms with E-state index in [0.717, 1.165) is 39.1 Å². The third kappa shape index (κ3) is 2.53. The Labute approximate surface area is 133 Å². The molecule has 4 heterocycles. The number of thiazole rings is 1. The Morgan fingerprint density at radius 1 is 1.32 bits per heavy atom. The minimum absolute atomic E-state index is 0.114. The van der Waals surface area contributed by atoms with Gasteiger partial charge in [0.15, 0.2) is 0 Å². The molecule has 6 heteroatoms. The Hall–Kier alpha value is -1.79. The van der Waals surface area contributed by atoms with Crippen LogP contribution in [0.25, 0.3) is 0 Å². The molecular formula is C16H18N4OS. The molecule has 0 aliphatic carbocycles. The second-order valence-corrected chi connectivity index (χ2v) is 7.27. The van der Waals surface area contributed by atoms with E-state index in [4.69, 9.17) is 0 Å². The molecular weight excluding hydrogens is 296 g/mol. The van der Waals surface area contributed by atoms with Gasteiger partial charge in [-0.3, -0.25) is 14.7 Å². The highest BCUT2D eigenvalue weighted by Gasteiger charge is 2.48. The standard InChI is InChI=1S/C16H18N4OS/c21-15(13-2-1-4-17-8-13)20-6-3-16(12-20)10-19(11-16)9-14-18-5-7-22-14/h1-2,4-5,7-8H,3,6,9-12H2. The quantitative estimate of drug-likeness (QED) is 0.868. The van der Waals surface area contributed by atoms with E-state index in [1.54, 1.807) is 23.7 Å². The molecule has 0 bridgehead atoms. The molecule has 0 atom stereocenters. The van der Waals surface area contributed by atoms with E-state index in [1.807, 2.05) is 28.6 Å². The lowest BCUT2D eigenvalue weighted by Crippen LogP contribution is -2.57. The lowest BCUT2D eigenvalue weighted by molar-refractivity contribution is 0.00256. The van der Waals surface area contributed by atoms with Gasteiger partial charge in [-0.1, -0.05) is 0 Å². The van der Waals surface area contributed by atoms with Gasteiger partial charge in [0.1, 0.15) is 5.01 Å². The summed E-state index contributed by atoms with van der Waals surface area (Å²) in [5.74, 6) is 0.114. The van der Waals surface area contributed by atoms with Crippen LogP contribution in [0.2, 0.25) is 0 Å². The smallest absolute Gasteiger partial charge is 0.255 e. The number of aromatic nitrogens is 2. The Balaban J connectivity index is 1.35. The normalized spacial score (nSPS) is 20.3. The first kappa shape index (κ1) is 13.8. The van der Waals surface area contributed by atoms with Crippen molar-refractivity contribution in [3.8, 4) is 0 Å². The van der Waals surface area contributed by atoms with E-state index in [2.05, 4.69) is 14.9 Å². The van der Waals surface area contributed by atoms with Gasteiger partial charge in [-0.2, -0.15) is 0 Å². The van der Waals surface area contributed by atoms with Crippen molar-refractivity contribution in [2.24, 2.45) is 5.41 Å². The van der Waals surface area contributed by atoms with Crippen LogP contribution in [-0.2, 0) is 6.54 Å². The predicted octanol–water partition coefficient (Wildman–Crippen LogP) is 1.89. The fraction of sp³-hybridized carbons (Fsp3) is 0.438. The molecule has 2 fully saturated rings. The van der Waals surface area contributed by atoms with Crippen LogP contribution in [0.15, 0.2) is 36.1 Å². The van der Waals surface area contributed by atoms with Crippen molar-refractivity contribution in [3.63, 3.8) is 0 Å². The van der Waals surface area contributed by atoms with E-state index in [1.165, 1.54) is 5.01 Å². The monoisotopic (exact) mass is 314 g/mol. The fourth-order valence-corrected chi connectivity index (χ4v) is 4.23. The average Bonchev–Trinajstić information content (AvgIpc) is 3.17. The Morgan fingerprint density at radius 3 is 2.95 bits per heavy atom. The van der Waals surface area contributed by atoms with Crippen molar-refractivity contribution in [3.05, 3.63) is 46.7 Å². The molecule has 1 spiro atoms. The average molecular weight is 314 g/mol. The topological polar surface area (TPSA) is 49.3 Å². The zero-order valence-corrected chi connectivity index (χ0v) is 13.1. The van der Waals surface area contributed by atoms with Gasteiger partial charge in [-0.05, 0) is 18.6 Å². The van der Waals surface area contributed by atoms with Gasteiger partial charge >= 0.3 is 0 Å². The number of rotatable bonds is 3. The lowest BCUT2D eigenvalue weighted by Gasteiger charge is -2.47. The largest absolute Gasteiger partial charge is 0.338 e. The molecule has 2 aliphatic heterocycles. The number of hydrogen-bond acceptors (Lipinski definition) is 5. The van der Waals surface area contributed by atoms with Crippen molar-refractivity contribution in [1.29, 1.82) is 0 Å². The second-order valence-electron chi connectivity index (χ2n) is 6.29. The minimum atomic E-state index is 0.114. The van der Waals surface area contributed by atoms with Crippen LogP contribution in [0.5, 0.6) is 0 Å². The summed E-state index contributed by atoms with van der Waals surface area (Å²) >= 11 is 1.71. The van der Waals surface area contributed by atoms with Crippen molar-refractivity contribution in [2.45, 2.75) is 13.0 Å². The maximum atomic E-state index is 12.5. The number of amides is 1. The molecule has 2 aromatic heterocycles. The van der Waals surface area contributed by atoms with Gasteiger partial charge in [0.25, 0.3) is 5.91 Å². The zero-order chi connectivity index (χ0) is 15.0. The van der Waals surface area contributed by atoms with Gasteiger partial charge in [-0.15, -0.1) is 11.3 Å². The number of carbonyl (C=O) groups is 1. The Kier molecular flexibility index (Phi) is 3.43. The molecule has 114 valence electrons. The van der Waals surface area contributed by atoms with Crippen LogP contribution in [0.3, 0.4) is 0 Å². The van der Waals surface area contributed by atoms with Crippen molar-refractivity contribution in [1.82, 2.24) is 19.8 Å². The molecule has 2 aromatic rings. The molecule has 0 N–H and O–H groups in total. The third-order valence-electron chi connectivity index (χ3n) is 4.59. The number of pyridine rings is 1. The summed E-state index contributed by atoms with van der Waals surface area (Å²) in [5.41, 5.74) is 0.994. The zero-order valence-electron chi connectivity index (χ0n) is 12.3. The minimum Gasteiger partial charge on any atom is -0.338 e. The van der Waals surface area contributed by atoms with Gasteiger partial charge in [0.2, 0.25) is 0 Å². The first-order valence-corrected chi connectivity index (χ1v) is 8.42. The van der Waals surface area contributed by atoms with Crippen LogP contribution in [0.1, 0.15) is 21.8 Å². The highest BCUT2D eigenvalue weighted by atomic mass is 32.1. The van der Waals surface area contributed by atoms with E-state index >= 15 is 0 Å². The third-order valence-corrected chi connectivity index (χ3v) is 5.36. The summed E-state index contributed by atoms with van der Waals surface area (Å²) < 4.78 is 0. The van der Waals surface area contributed by atoms with Gasteiger partial charge in [-0.25, -0.2) is 4.98 Å². The molecule has 2 saturated heterocycles. The van der Waals surface area contributed by atoms with Crippen molar-refractivity contribution >= 4 is 17.2 Å². The van der Waals surface area contributed by atoms with Crippen LogP contribution in [-0.4, -0.2) is 51.9 Å². The van der Waals surface area contributed by atoms with E-state index < -0.39 is 0 Å². The Morgan fingerprint density at radius 2 is 2.23 bits per heavy atom. The maximum absolute atomic E-state index is 12.5. The van der Waals surface area contributed by atoms with Gasteiger partial charge in [0, 0.05) is 55.6 Å². The van der Waals surface area contributed by atoms with Crippen molar-refractivity contribution < 1.29 is 4.79 Å². The van der Waals surface area contributed by atoms with E-state index in [0.29, 0.717) is 11.0 Å². The summed E-state index contributed by atoms with van der Waals surface area (Å²) in [7, 11) is 0. The summed E-state index contributed by atoms with van der Waals surface area (Å²) in [5, 5.41) is 3.20. The summed E-state index contributed by atoms with van der Waals surface area (Å²) in [6, 6.07) is 3.66. The molecule has 22 heavy (non-hydrogen) atoms. The number of nitrogens with zero attached hydrogens (tertiary/aromatic N) is 4. The molecule has 0 unspecified atom stereocenters. The maximum Gasteiger partial charge on any atom is 0.255 e. The summed E-state index contributed by atoms with van der Waals surface area (Å²) in [6.07, 6.45) is 6.32. The second kappa shape index (κ2) is 5.44. The van der Waals surface area contributed by atoms with Crippen LogP contribution >= 0.6 is 11.3 Å². The molecule has 2 aliphatic rings. The molecule has 0 saturated carbocycles. The lowest BCUT2D eigenvalue weighted by atomic mass is 9.79. The van der Waals surface area contributed by atoms with Crippen LogP contribution in [0.4, 0.5) is 0 Å². The van der Waals surface area contributed by atoms with Gasteiger partial charge < -0.3 is 4.90 Å². The van der Waals surface area contributed by atoms with E-state index in [-0.39, 0.29) is 5.91 Å². The number of hydrogen-bond donors (Lipinski definition) is 0. The van der Waals surface area contributed by atoms with Crippen LogP contribution in [0, 0.1) is 5.41 Å². The SMILES string of the molecule is O=C(c1cccnc1)N1CCC2(CN(Cc3nccs3)C2)C1. The molecule has 1 amide bonds. The van der Waals surface area contributed by atoms with Crippen LogP contribution < -0.4 is 0 Å². The van der Waals surface area contributed by atoms with Crippen molar-refractivity contribution in [2.75, 3.05) is 26.2 Å². The first-order chi connectivity index (χ1) is 10.7. The highest BCUT2D eigenvalue weighted by molar-refractivity contribution is 7.09. The fourth-order valence-electron chi connectivity index (χ4n) is 3.57. The number of carbonyl (C=O) groups excluding carboxylic acids is 1. The number of likely N-dealkylation sites (tertiary alicyclic amines) is 2. The first-order valence-electron chi connectivity index (χ1n) is 7.54. The summed E-state index contributed by atoms with van der Waals surface area (Å²) in [6.45, 7) is 4.82. The molecule has 4 rings (SSSR count). The summed E-state index contributed by atoms with van der Waals surface area (Å²) in [4.78, 5) is 25.3. The molecule has 0 radical (unpaired) electrons. The molecule has 0 aromatic carbocycles. The Bertz CT molecular complexity index is 652. The van der Waals surface area contributed by atoms with E-state index in [9.17, 15) is 4.79 Å². The predicted molar refractivity (Wildman–Crippen MR) is 84.6 cm³/mol.